The molecule has 26 heavy (non-hydrogen) atoms. The van der Waals surface area contributed by atoms with Crippen molar-refractivity contribution < 1.29 is 17.9 Å². The number of nitrogens with zero attached hydrogens (tertiary/aromatic N) is 2. The summed E-state index contributed by atoms with van der Waals surface area (Å²) < 4.78 is 32.0. The van der Waals surface area contributed by atoms with E-state index in [-0.39, 0.29) is 28.0 Å². The van der Waals surface area contributed by atoms with Crippen LogP contribution in [0.25, 0.3) is 0 Å². The minimum Gasteiger partial charge on any atom is -0.379 e. The molecule has 0 atom stereocenters. The fourth-order valence-electron chi connectivity index (χ4n) is 1.98. The van der Waals surface area contributed by atoms with Crippen LogP contribution in [-0.4, -0.2) is 43.8 Å². The highest BCUT2D eigenvalue weighted by atomic mass is 32.2. The van der Waals surface area contributed by atoms with Gasteiger partial charge in [0.2, 0.25) is 9.47 Å². The van der Waals surface area contributed by atoms with E-state index in [0.717, 1.165) is 16.9 Å². The van der Waals surface area contributed by atoms with Crippen LogP contribution in [0.1, 0.15) is 36.2 Å². The van der Waals surface area contributed by atoms with Crippen LogP contribution in [0.2, 0.25) is 0 Å². The lowest BCUT2D eigenvalue weighted by atomic mass is 10.1. The molecule has 0 radical (unpaired) electrons. The quantitative estimate of drug-likeness (QED) is 0.495. The summed E-state index contributed by atoms with van der Waals surface area (Å²) in [4.78, 5) is 12.2. The summed E-state index contributed by atoms with van der Waals surface area (Å²) in [6, 6.07) is 7.05. The van der Waals surface area contributed by atoms with Gasteiger partial charge in [0.05, 0.1) is 6.10 Å². The molecular weight excluding hydrogens is 376 g/mol. The van der Waals surface area contributed by atoms with E-state index in [1.807, 2.05) is 26.8 Å². The molecule has 2 rings (SSSR count). The molecule has 1 amide bonds. The maximum absolute atomic E-state index is 12.2. The molecular formula is C16H22N4O4S2. The fraction of sp³-hybridized carbons (Fsp3) is 0.438. The number of sulfonamides is 1. The van der Waals surface area contributed by atoms with Gasteiger partial charge in [-0.1, -0.05) is 29.0 Å². The van der Waals surface area contributed by atoms with Gasteiger partial charge in [0, 0.05) is 18.7 Å². The molecule has 0 spiro atoms. The molecule has 142 valence electrons. The smallest absolute Gasteiger partial charge is 0.269 e. The molecule has 0 fully saturated rings. The van der Waals surface area contributed by atoms with Crippen LogP contribution < -0.4 is 10.0 Å². The van der Waals surface area contributed by atoms with E-state index in [2.05, 4.69) is 20.2 Å². The van der Waals surface area contributed by atoms with Crippen LogP contribution >= 0.6 is 11.3 Å². The van der Waals surface area contributed by atoms with Gasteiger partial charge in [-0.3, -0.25) is 10.1 Å². The van der Waals surface area contributed by atoms with E-state index in [9.17, 15) is 13.2 Å². The van der Waals surface area contributed by atoms with Gasteiger partial charge in [-0.25, -0.2) is 13.1 Å². The number of ether oxygens (including phenoxy) is 1. The van der Waals surface area contributed by atoms with E-state index < -0.39 is 10.0 Å². The summed E-state index contributed by atoms with van der Waals surface area (Å²) in [5.74, 6) is -0.368. The van der Waals surface area contributed by atoms with Crippen molar-refractivity contribution in [3.8, 4) is 0 Å². The first-order valence-electron chi connectivity index (χ1n) is 8.11. The molecule has 0 saturated heterocycles. The van der Waals surface area contributed by atoms with Gasteiger partial charge in [0.25, 0.3) is 15.9 Å². The van der Waals surface area contributed by atoms with Gasteiger partial charge in [-0.15, -0.1) is 10.2 Å². The van der Waals surface area contributed by atoms with E-state index >= 15 is 0 Å². The Labute approximate surface area is 157 Å². The zero-order valence-corrected chi connectivity index (χ0v) is 16.5. The Kier molecular flexibility index (Phi) is 7.21. The van der Waals surface area contributed by atoms with Crippen molar-refractivity contribution in [3.05, 3.63) is 35.4 Å². The zero-order chi connectivity index (χ0) is 19.2. The number of aryl methyl sites for hydroxylation is 1. The van der Waals surface area contributed by atoms with Crippen LogP contribution in [0.15, 0.2) is 28.6 Å². The maximum atomic E-state index is 12.2. The standard InChI is InChI=1S/C16H22N4O4S2/c1-11(2)24-9-5-8-17-26(22,23)16-20-19-15(25-16)18-14(21)13-7-4-6-12(3)10-13/h4,6-7,10-11,17H,5,8-9H2,1-3H3,(H,18,19,21). The summed E-state index contributed by atoms with van der Waals surface area (Å²) in [6.45, 7) is 6.41. The summed E-state index contributed by atoms with van der Waals surface area (Å²) in [5.41, 5.74) is 1.41. The van der Waals surface area contributed by atoms with Gasteiger partial charge in [-0.05, 0) is 39.3 Å². The highest BCUT2D eigenvalue weighted by Gasteiger charge is 2.20. The van der Waals surface area contributed by atoms with Gasteiger partial charge in [-0.2, -0.15) is 0 Å². The Hall–Kier alpha value is -1.88. The molecule has 2 aromatic rings. The highest BCUT2D eigenvalue weighted by Crippen LogP contribution is 2.20. The van der Waals surface area contributed by atoms with Crippen molar-refractivity contribution in [1.82, 2.24) is 14.9 Å². The second-order valence-electron chi connectivity index (χ2n) is 5.87. The normalized spacial score (nSPS) is 11.7. The summed E-state index contributed by atoms with van der Waals surface area (Å²) >= 11 is 0.800. The molecule has 1 aromatic carbocycles. The van der Waals surface area contributed by atoms with Gasteiger partial charge < -0.3 is 4.74 Å². The summed E-state index contributed by atoms with van der Waals surface area (Å²) in [7, 11) is -3.76. The molecule has 10 heteroatoms. The number of anilines is 1. The van der Waals surface area contributed by atoms with Crippen LogP contribution in [0.5, 0.6) is 0 Å². The zero-order valence-electron chi connectivity index (χ0n) is 14.9. The average molecular weight is 399 g/mol. The number of hydrogen-bond donors (Lipinski definition) is 2. The fourth-order valence-corrected chi connectivity index (χ4v) is 3.99. The third kappa shape index (κ3) is 6.13. The highest BCUT2D eigenvalue weighted by molar-refractivity contribution is 7.91. The molecule has 8 nitrogen and oxygen atoms in total. The molecule has 1 heterocycles. The van der Waals surface area contributed by atoms with Crippen molar-refractivity contribution in [1.29, 1.82) is 0 Å². The summed E-state index contributed by atoms with van der Waals surface area (Å²) in [5, 5.41) is 10.1. The minimum atomic E-state index is -3.76. The van der Waals surface area contributed by atoms with Crippen molar-refractivity contribution in [2.24, 2.45) is 0 Å². The minimum absolute atomic E-state index is 0.106. The van der Waals surface area contributed by atoms with Crippen molar-refractivity contribution in [3.63, 3.8) is 0 Å². The SMILES string of the molecule is Cc1cccc(C(=O)Nc2nnc(S(=O)(=O)NCCCOC(C)C)s2)c1. The number of hydrogen-bond acceptors (Lipinski definition) is 7. The second kappa shape index (κ2) is 9.17. The van der Waals surface area contributed by atoms with Crippen molar-refractivity contribution in [2.45, 2.75) is 37.6 Å². The largest absolute Gasteiger partial charge is 0.379 e. The Balaban J connectivity index is 1.92. The van der Waals surface area contributed by atoms with E-state index in [1.165, 1.54) is 0 Å². The monoisotopic (exact) mass is 398 g/mol. The molecule has 0 aliphatic heterocycles. The Morgan fingerprint density at radius 2 is 2.08 bits per heavy atom. The van der Waals surface area contributed by atoms with E-state index in [1.54, 1.807) is 18.2 Å². The predicted molar refractivity (Wildman–Crippen MR) is 99.9 cm³/mol. The van der Waals surface area contributed by atoms with Crippen LogP contribution in [0.4, 0.5) is 5.13 Å². The lowest BCUT2D eigenvalue weighted by Crippen LogP contribution is -2.25. The van der Waals surface area contributed by atoms with Crippen LogP contribution in [0, 0.1) is 6.92 Å². The molecule has 1 aromatic heterocycles. The van der Waals surface area contributed by atoms with Crippen LogP contribution in [-0.2, 0) is 14.8 Å². The Bertz CT molecular complexity index is 849. The van der Waals surface area contributed by atoms with Crippen molar-refractivity contribution in [2.75, 3.05) is 18.5 Å². The lowest BCUT2D eigenvalue weighted by Gasteiger charge is -2.07. The third-order valence-corrected chi connectivity index (χ3v) is 5.87. The van der Waals surface area contributed by atoms with Gasteiger partial charge in [0.1, 0.15) is 0 Å². The third-order valence-electron chi connectivity index (χ3n) is 3.20. The number of benzene rings is 1. The van der Waals surface area contributed by atoms with E-state index in [0.29, 0.717) is 18.6 Å². The number of amides is 1. The topological polar surface area (TPSA) is 110 Å². The number of carbonyl (C=O) groups is 1. The molecule has 0 saturated carbocycles. The number of rotatable bonds is 9. The first-order valence-corrected chi connectivity index (χ1v) is 10.4. The Morgan fingerprint density at radius 1 is 1.31 bits per heavy atom. The van der Waals surface area contributed by atoms with Crippen molar-refractivity contribution >= 4 is 32.4 Å². The molecule has 2 N–H and O–H groups in total. The number of carbonyl (C=O) groups excluding carboxylic acids is 1. The van der Waals surface area contributed by atoms with E-state index in [4.69, 9.17) is 4.74 Å². The van der Waals surface area contributed by atoms with Crippen LogP contribution in [0.3, 0.4) is 0 Å². The van der Waals surface area contributed by atoms with Gasteiger partial charge in [0.15, 0.2) is 0 Å². The molecule has 0 bridgehead atoms. The number of aromatic nitrogens is 2. The Morgan fingerprint density at radius 3 is 2.77 bits per heavy atom. The molecule has 0 unspecified atom stereocenters. The number of nitrogens with one attached hydrogen (secondary N) is 2. The molecule has 0 aliphatic carbocycles. The summed E-state index contributed by atoms with van der Waals surface area (Å²) in [6.07, 6.45) is 0.655. The second-order valence-corrected chi connectivity index (χ2v) is 8.79. The van der Waals surface area contributed by atoms with Gasteiger partial charge >= 0.3 is 0 Å². The average Bonchev–Trinajstić information content (AvgIpc) is 3.03. The lowest BCUT2D eigenvalue weighted by molar-refractivity contribution is 0.0778. The first kappa shape index (κ1) is 20.4. The molecule has 0 aliphatic rings. The maximum Gasteiger partial charge on any atom is 0.269 e. The first-order chi connectivity index (χ1) is 12.3. The predicted octanol–water partition coefficient (Wildman–Crippen LogP) is 2.19.